The van der Waals surface area contributed by atoms with Gasteiger partial charge in [0.05, 0.1) is 0 Å². The van der Waals surface area contributed by atoms with Gasteiger partial charge in [0.1, 0.15) is 17.4 Å². The van der Waals surface area contributed by atoms with E-state index >= 15 is 0 Å². The second-order valence-electron chi connectivity index (χ2n) is 4.80. The van der Waals surface area contributed by atoms with Crippen LogP contribution in [0.1, 0.15) is 5.82 Å². The maximum atomic E-state index is 5.73. The van der Waals surface area contributed by atoms with E-state index in [0.29, 0.717) is 12.4 Å². The zero-order valence-electron chi connectivity index (χ0n) is 11.9. The summed E-state index contributed by atoms with van der Waals surface area (Å²) in [7, 11) is 0. The number of halogens is 1. The molecule has 0 amide bonds. The Hall–Kier alpha value is -2.25. The quantitative estimate of drug-likeness (QED) is 0.527. The lowest BCUT2D eigenvalue weighted by atomic mass is 10.2. The maximum Gasteiger partial charge on any atom is 0.235 e. The minimum atomic E-state index is 0.324. The topological polar surface area (TPSA) is 52.3 Å². The number of para-hydroxylation sites is 1. The first kappa shape index (κ1) is 14.3. The first-order valence-corrected chi connectivity index (χ1v) is 8.56. The number of hydrogen-bond donors (Lipinski definition) is 0. The summed E-state index contributed by atoms with van der Waals surface area (Å²) in [6.07, 6.45) is 0. The van der Waals surface area contributed by atoms with Crippen LogP contribution in [0.3, 0.4) is 0 Å². The van der Waals surface area contributed by atoms with Crippen LogP contribution in [0.4, 0.5) is 0 Å². The minimum Gasteiger partial charge on any atom is -0.486 e. The molecule has 0 bridgehead atoms. The maximum absolute atomic E-state index is 5.73. The molecule has 0 aliphatic heterocycles. The Morgan fingerprint density at radius 2 is 1.78 bits per heavy atom. The molecule has 4 aromatic rings. The Balaban J connectivity index is 1.63. The largest absolute Gasteiger partial charge is 0.486 e. The van der Waals surface area contributed by atoms with Gasteiger partial charge in [-0.05, 0) is 18.2 Å². The van der Waals surface area contributed by atoms with Crippen molar-refractivity contribution in [2.75, 3.05) is 0 Å². The highest BCUT2D eigenvalue weighted by Crippen LogP contribution is 2.31. The zero-order valence-corrected chi connectivity index (χ0v) is 14.3. The van der Waals surface area contributed by atoms with Gasteiger partial charge in [-0.15, -0.1) is 10.2 Å². The van der Waals surface area contributed by atoms with Crippen LogP contribution in [0.15, 0.2) is 59.1 Å². The Kier molecular flexibility index (Phi) is 3.80. The normalized spacial score (nSPS) is 11.0. The van der Waals surface area contributed by atoms with Gasteiger partial charge in [-0.1, -0.05) is 63.7 Å². The van der Waals surface area contributed by atoms with Crippen molar-refractivity contribution >= 4 is 32.2 Å². The van der Waals surface area contributed by atoms with Crippen molar-refractivity contribution in [1.29, 1.82) is 0 Å². The first-order valence-electron chi connectivity index (χ1n) is 6.95. The number of benzene rings is 2. The average molecular weight is 387 g/mol. The molecule has 7 heteroatoms. The van der Waals surface area contributed by atoms with Crippen LogP contribution in [-0.2, 0) is 6.61 Å². The van der Waals surface area contributed by atoms with E-state index in [-0.39, 0.29) is 0 Å². The molecule has 2 heterocycles. The molecular weight excluding hydrogens is 376 g/mol. The molecule has 0 N–H and O–H groups in total. The van der Waals surface area contributed by atoms with E-state index in [9.17, 15) is 0 Å². The van der Waals surface area contributed by atoms with Crippen LogP contribution < -0.4 is 4.74 Å². The Morgan fingerprint density at radius 1 is 1.00 bits per heavy atom. The summed E-state index contributed by atoms with van der Waals surface area (Å²) in [6.45, 7) is 0.324. The van der Waals surface area contributed by atoms with Crippen LogP contribution in [0.2, 0.25) is 0 Å². The van der Waals surface area contributed by atoms with Gasteiger partial charge in [-0.2, -0.15) is 9.61 Å². The van der Waals surface area contributed by atoms with Crippen molar-refractivity contribution in [1.82, 2.24) is 19.8 Å². The van der Waals surface area contributed by atoms with E-state index in [1.807, 2.05) is 54.6 Å². The van der Waals surface area contributed by atoms with E-state index in [0.717, 1.165) is 25.8 Å². The molecule has 2 aromatic carbocycles. The highest BCUT2D eigenvalue weighted by molar-refractivity contribution is 9.10. The highest BCUT2D eigenvalue weighted by Gasteiger charge is 2.14. The van der Waals surface area contributed by atoms with Gasteiger partial charge in [0.25, 0.3) is 0 Å². The van der Waals surface area contributed by atoms with E-state index in [1.165, 1.54) is 11.3 Å². The van der Waals surface area contributed by atoms with E-state index in [1.54, 1.807) is 4.52 Å². The molecule has 0 atom stereocenters. The van der Waals surface area contributed by atoms with Gasteiger partial charge in [-0.3, -0.25) is 0 Å². The van der Waals surface area contributed by atoms with Gasteiger partial charge >= 0.3 is 0 Å². The van der Waals surface area contributed by atoms with Crippen molar-refractivity contribution in [3.05, 3.63) is 64.9 Å². The Morgan fingerprint density at radius 3 is 2.61 bits per heavy atom. The summed E-state index contributed by atoms with van der Waals surface area (Å²) in [6, 6.07) is 17.6. The summed E-state index contributed by atoms with van der Waals surface area (Å²) in [5.41, 5.74) is 1.04. The number of rotatable bonds is 4. The van der Waals surface area contributed by atoms with Crippen LogP contribution in [-0.4, -0.2) is 19.8 Å². The molecule has 0 spiro atoms. The molecule has 0 aliphatic rings. The summed E-state index contributed by atoms with van der Waals surface area (Å²) in [5.74, 6) is 1.48. The predicted octanol–water partition coefficient (Wildman–Crippen LogP) is 4.19. The number of ether oxygens (including phenoxy) is 1. The van der Waals surface area contributed by atoms with Crippen LogP contribution in [0, 0.1) is 0 Å². The van der Waals surface area contributed by atoms with Gasteiger partial charge in [0, 0.05) is 10.0 Å². The second-order valence-corrected chi connectivity index (χ2v) is 6.61. The lowest BCUT2D eigenvalue weighted by molar-refractivity contribution is 0.293. The summed E-state index contributed by atoms with van der Waals surface area (Å²) in [4.78, 5) is 0.752. The van der Waals surface area contributed by atoms with Crippen molar-refractivity contribution in [2.45, 2.75) is 6.61 Å². The Bertz CT molecular complexity index is 951. The number of hydrogen-bond acceptors (Lipinski definition) is 5. The standard InChI is InChI=1S/C16H11BrN4OS/c17-13-9-5-4-8-12(13)15-20-21-14(18-19-16(21)23-15)10-22-11-6-2-1-3-7-11/h1-9H,10H2. The van der Waals surface area contributed by atoms with Crippen molar-refractivity contribution in [2.24, 2.45) is 0 Å². The molecule has 0 saturated carbocycles. The molecule has 0 unspecified atom stereocenters. The fourth-order valence-corrected chi connectivity index (χ4v) is 3.66. The lowest BCUT2D eigenvalue weighted by Gasteiger charge is -2.03. The second kappa shape index (κ2) is 6.10. The smallest absolute Gasteiger partial charge is 0.235 e. The van der Waals surface area contributed by atoms with Crippen LogP contribution >= 0.6 is 27.3 Å². The van der Waals surface area contributed by atoms with Crippen molar-refractivity contribution < 1.29 is 4.74 Å². The molecule has 2 aromatic heterocycles. The van der Waals surface area contributed by atoms with Gasteiger partial charge in [-0.25, -0.2) is 0 Å². The van der Waals surface area contributed by atoms with Crippen molar-refractivity contribution in [3.63, 3.8) is 0 Å². The molecule has 114 valence electrons. The molecule has 0 fully saturated rings. The summed E-state index contributed by atoms with van der Waals surface area (Å²) >= 11 is 5.05. The van der Waals surface area contributed by atoms with Crippen LogP contribution in [0.25, 0.3) is 15.5 Å². The summed E-state index contributed by atoms with van der Waals surface area (Å²) < 4.78 is 8.47. The molecule has 0 aliphatic carbocycles. The summed E-state index contributed by atoms with van der Waals surface area (Å²) in [5, 5.41) is 13.8. The predicted molar refractivity (Wildman–Crippen MR) is 92.6 cm³/mol. The zero-order chi connectivity index (χ0) is 15.6. The van der Waals surface area contributed by atoms with Gasteiger partial charge in [0.15, 0.2) is 5.82 Å². The van der Waals surface area contributed by atoms with E-state index in [2.05, 4.69) is 31.2 Å². The Labute approximate surface area is 144 Å². The number of fused-ring (bicyclic) bond motifs is 1. The monoisotopic (exact) mass is 386 g/mol. The van der Waals surface area contributed by atoms with Gasteiger partial charge < -0.3 is 4.74 Å². The molecular formula is C16H11BrN4OS. The minimum absolute atomic E-state index is 0.324. The third-order valence-electron chi connectivity index (χ3n) is 3.27. The molecule has 0 radical (unpaired) electrons. The highest BCUT2D eigenvalue weighted by atomic mass is 79.9. The first-order chi connectivity index (χ1) is 11.3. The molecule has 5 nitrogen and oxygen atoms in total. The fraction of sp³-hybridized carbons (Fsp3) is 0.0625. The van der Waals surface area contributed by atoms with Crippen molar-refractivity contribution in [3.8, 4) is 16.3 Å². The fourth-order valence-electron chi connectivity index (χ4n) is 2.16. The van der Waals surface area contributed by atoms with E-state index in [4.69, 9.17) is 4.74 Å². The lowest BCUT2D eigenvalue weighted by Crippen LogP contribution is -2.02. The SMILES string of the molecule is Brc1ccccc1-c1nn2c(COc3ccccc3)nnc2s1. The molecule has 23 heavy (non-hydrogen) atoms. The molecule has 4 rings (SSSR count). The third-order valence-corrected chi connectivity index (χ3v) is 4.89. The molecule has 0 saturated heterocycles. The number of aromatic nitrogens is 4. The van der Waals surface area contributed by atoms with Crippen LogP contribution in [0.5, 0.6) is 5.75 Å². The number of nitrogens with zero attached hydrogens (tertiary/aromatic N) is 4. The third kappa shape index (κ3) is 2.85. The van der Waals surface area contributed by atoms with E-state index < -0.39 is 0 Å². The van der Waals surface area contributed by atoms with Gasteiger partial charge in [0.2, 0.25) is 4.96 Å². The average Bonchev–Trinajstić information content (AvgIpc) is 3.15.